The minimum Gasteiger partial charge on any atom is -0.497 e. The normalized spacial score (nSPS) is 21.7. The first-order valence-electron chi connectivity index (χ1n) is 14.2. The maximum Gasteiger partial charge on any atom is 0.274 e. The van der Waals surface area contributed by atoms with Crippen molar-refractivity contribution in [3.63, 3.8) is 0 Å². The van der Waals surface area contributed by atoms with E-state index in [1.807, 2.05) is 31.2 Å². The highest BCUT2D eigenvalue weighted by Crippen LogP contribution is 2.30. The monoisotopic (exact) mass is 536 g/mol. The number of ether oxygens (including phenoxy) is 1. The molecule has 0 radical (unpaired) electrons. The molecular formula is C29H40N6O4. The van der Waals surface area contributed by atoms with Crippen LogP contribution in [0.25, 0.3) is 0 Å². The first-order chi connectivity index (χ1) is 18.8. The van der Waals surface area contributed by atoms with Gasteiger partial charge in [-0.15, -0.1) is 0 Å². The first-order valence-corrected chi connectivity index (χ1v) is 14.2. The summed E-state index contributed by atoms with van der Waals surface area (Å²) >= 11 is 0. The number of amides is 3. The zero-order valence-electron chi connectivity index (χ0n) is 23.3. The third-order valence-electron chi connectivity index (χ3n) is 8.44. The van der Waals surface area contributed by atoms with E-state index in [0.29, 0.717) is 38.4 Å². The van der Waals surface area contributed by atoms with Gasteiger partial charge in [-0.25, -0.2) is 0 Å². The highest BCUT2D eigenvalue weighted by molar-refractivity contribution is 6.02. The van der Waals surface area contributed by atoms with Crippen molar-refractivity contribution >= 4 is 23.4 Å². The molecule has 1 saturated heterocycles. The molecule has 0 unspecified atom stereocenters. The highest BCUT2D eigenvalue weighted by atomic mass is 16.5. The number of anilines is 1. The molecular weight excluding hydrogens is 496 g/mol. The summed E-state index contributed by atoms with van der Waals surface area (Å²) in [4.78, 5) is 46.4. The van der Waals surface area contributed by atoms with Crippen LogP contribution in [0.15, 0.2) is 30.3 Å². The molecule has 1 aliphatic carbocycles. The van der Waals surface area contributed by atoms with Crippen LogP contribution >= 0.6 is 0 Å². The van der Waals surface area contributed by atoms with Crippen molar-refractivity contribution in [3.8, 4) is 5.75 Å². The maximum absolute atomic E-state index is 13.7. The molecule has 39 heavy (non-hydrogen) atoms. The van der Waals surface area contributed by atoms with E-state index in [9.17, 15) is 14.4 Å². The molecule has 10 heteroatoms. The number of rotatable bonds is 8. The molecule has 0 bridgehead atoms. The largest absolute Gasteiger partial charge is 0.497 e. The van der Waals surface area contributed by atoms with E-state index in [1.54, 1.807) is 27.7 Å². The standard InChI is InChI=1S/C29H40N6O4/c1-4-5-14-34-27(37)25-19-24(31-35(25)20-29(34,2)28(38)30-21-8-6-7-9-21)26(36)33-17-15-32(16-18-33)22-10-12-23(39-3)13-11-22/h10-13,19,21H,4-9,14-18,20H2,1-3H3,(H,30,38)/t29-/m0/s1. The Labute approximate surface area is 230 Å². The lowest BCUT2D eigenvalue weighted by atomic mass is 9.94. The fourth-order valence-electron chi connectivity index (χ4n) is 5.95. The quantitative estimate of drug-likeness (QED) is 0.557. The van der Waals surface area contributed by atoms with Crippen molar-refractivity contribution in [2.24, 2.45) is 0 Å². The second-order valence-electron chi connectivity index (χ2n) is 11.1. The Morgan fingerprint density at radius 2 is 1.79 bits per heavy atom. The van der Waals surface area contributed by atoms with Gasteiger partial charge in [-0.05, 0) is 50.5 Å². The second kappa shape index (κ2) is 11.3. The van der Waals surface area contributed by atoms with Crippen molar-refractivity contribution in [2.45, 2.75) is 70.5 Å². The summed E-state index contributed by atoms with van der Waals surface area (Å²) < 4.78 is 6.82. The SMILES string of the molecule is CCCCN1C(=O)c2cc(C(=O)N3CCN(c4ccc(OC)cc4)CC3)nn2C[C@@]1(C)C(=O)NC1CCCC1. The molecule has 3 heterocycles. The van der Waals surface area contributed by atoms with E-state index in [-0.39, 0.29) is 36.0 Å². The van der Waals surface area contributed by atoms with Gasteiger partial charge in [-0.2, -0.15) is 5.10 Å². The number of unbranched alkanes of at least 4 members (excludes halogenated alkanes) is 1. The van der Waals surface area contributed by atoms with Gasteiger partial charge < -0.3 is 24.8 Å². The molecule has 5 rings (SSSR count). The summed E-state index contributed by atoms with van der Waals surface area (Å²) in [6, 6.07) is 9.68. The molecule has 3 amide bonds. The van der Waals surface area contributed by atoms with Crippen molar-refractivity contribution in [3.05, 3.63) is 41.7 Å². The van der Waals surface area contributed by atoms with Gasteiger partial charge in [0, 0.05) is 50.5 Å². The topological polar surface area (TPSA) is 100 Å². The number of carbonyl (C=O) groups is 3. The Morgan fingerprint density at radius 1 is 1.10 bits per heavy atom. The number of benzene rings is 1. The van der Waals surface area contributed by atoms with Crippen LogP contribution in [-0.2, 0) is 11.3 Å². The average Bonchev–Trinajstić information content (AvgIpc) is 3.63. The Hall–Kier alpha value is -3.56. The summed E-state index contributed by atoms with van der Waals surface area (Å²) in [6.07, 6.45) is 5.89. The Bertz CT molecular complexity index is 1200. The van der Waals surface area contributed by atoms with Crippen LogP contribution in [0.2, 0.25) is 0 Å². The number of piperazine rings is 1. The summed E-state index contributed by atoms with van der Waals surface area (Å²) in [6.45, 7) is 7.15. The predicted octanol–water partition coefficient (Wildman–Crippen LogP) is 2.93. The first kappa shape index (κ1) is 27.0. The number of aromatic nitrogens is 2. The highest BCUT2D eigenvalue weighted by Gasteiger charge is 2.48. The zero-order valence-corrected chi connectivity index (χ0v) is 23.3. The molecule has 0 spiro atoms. The van der Waals surface area contributed by atoms with Crippen LogP contribution in [0, 0.1) is 0 Å². The van der Waals surface area contributed by atoms with Gasteiger partial charge in [0.15, 0.2) is 5.69 Å². The van der Waals surface area contributed by atoms with E-state index in [1.165, 1.54) is 0 Å². The molecule has 1 N–H and O–H groups in total. The number of nitrogens with one attached hydrogen (secondary N) is 1. The third kappa shape index (κ3) is 5.33. The predicted molar refractivity (Wildman–Crippen MR) is 148 cm³/mol. The summed E-state index contributed by atoms with van der Waals surface area (Å²) in [5, 5.41) is 7.76. The van der Waals surface area contributed by atoms with Crippen molar-refractivity contribution in [2.75, 3.05) is 44.7 Å². The summed E-state index contributed by atoms with van der Waals surface area (Å²) in [5.41, 5.74) is 0.663. The lowest BCUT2D eigenvalue weighted by molar-refractivity contribution is -0.133. The molecule has 10 nitrogen and oxygen atoms in total. The number of hydrogen-bond donors (Lipinski definition) is 1. The van der Waals surface area contributed by atoms with Crippen LogP contribution in [0.1, 0.15) is 73.3 Å². The molecule has 1 saturated carbocycles. The summed E-state index contributed by atoms with van der Waals surface area (Å²) in [7, 11) is 1.65. The number of fused-ring (bicyclic) bond motifs is 1. The van der Waals surface area contributed by atoms with Crippen LogP contribution in [-0.4, -0.2) is 88.7 Å². The molecule has 1 aromatic heterocycles. The average molecular weight is 537 g/mol. The van der Waals surface area contributed by atoms with E-state index >= 15 is 0 Å². The second-order valence-corrected chi connectivity index (χ2v) is 11.1. The van der Waals surface area contributed by atoms with Crippen molar-refractivity contribution in [1.29, 1.82) is 0 Å². The lowest BCUT2D eigenvalue weighted by Crippen LogP contribution is -2.65. The van der Waals surface area contributed by atoms with Gasteiger partial charge in [0.2, 0.25) is 5.91 Å². The van der Waals surface area contributed by atoms with Crippen LogP contribution in [0.4, 0.5) is 5.69 Å². The smallest absolute Gasteiger partial charge is 0.274 e. The molecule has 1 aromatic carbocycles. The van der Waals surface area contributed by atoms with Crippen LogP contribution in [0.5, 0.6) is 5.75 Å². The van der Waals surface area contributed by atoms with E-state index in [2.05, 4.69) is 22.2 Å². The molecule has 2 aliphatic heterocycles. The molecule has 2 fully saturated rings. The number of nitrogens with zero attached hydrogens (tertiary/aromatic N) is 5. The van der Waals surface area contributed by atoms with Gasteiger partial charge in [0.25, 0.3) is 11.8 Å². The summed E-state index contributed by atoms with van der Waals surface area (Å²) in [5.74, 6) is 0.250. The van der Waals surface area contributed by atoms with Gasteiger partial charge in [-0.1, -0.05) is 26.2 Å². The van der Waals surface area contributed by atoms with Crippen molar-refractivity contribution in [1.82, 2.24) is 24.9 Å². The Balaban J connectivity index is 1.30. The van der Waals surface area contributed by atoms with Gasteiger partial charge in [0.1, 0.15) is 17.0 Å². The fourth-order valence-corrected chi connectivity index (χ4v) is 5.95. The Kier molecular flexibility index (Phi) is 7.81. The lowest BCUT2D eigenvalue weighted by Gasteiger charge is -2.43. The van der Waals surface area contributed by atoms with Gasteiger partial charge in [-0.3, -0.25) is 19.1 Å². The van der Waals surface area contributed by atoms with Crippen LogP contribution in [0.3, 0.4) is 0 Å². The minimum atomic E-state index is -1.06. The minimum absolute atomic E-state index is 0.137. The van der Waals surface area contributed by atoms with E-state index in [0.717, 1.165) is 50.0 Å². The fraction of sp³-hybridized carbons (Fsp3) is 0.586. The molecule has 2 aromatic rings. The van der Waals surface area contributed by atoms with Gasteiger partial charge >= 0.3 is 0 Å². The Morgan fingerprint density at radius 3 is 2.44 bits per heavy atom. The van der Waals surface area contributed by atoms with E-state index in [4.69, 9.17) is 4.74 Å². The molecule has 210 valence electrons. The molecule has 3 aliphatic rings. The van der Waals surface area contributed by atoms with Gasteiger partial charge in [0.05, 0.1) is 13.7 Å². The number of hydrogen-bond acceptors (Lipinski definition) is 6. The maximum atomic E-state index is 13.7. The number of carbonyl (C=O) groups excluding carboxylic acids is 3. The number of methoxy groups -OCH3 is 1. The van der Waals surface area contributed by atoms with Crippen molar-refractivity contribution < 1.29 is 19.1 Å². The zero-order chi connectivity index (χ0) is 27.6. The molecule has 1 atom stereocenters. The third-order valence-corrected chi connectivity index (χ3v) is 8.44. The van der Waals surface area contributed by atoms with E-state index < -0.39 is 5.54 Å². The van der Waals surface area contributed by atoms with Crippen LogP contribution < -0.4 is 15.0 Å².